The highest BCUT2D eigenvalue weighted by molar-refractivity contribution is 8.14. The van der Waals surface area contributed by atoms with Gasteiger partial charge in [0, 0.05) is 10.9 Å². The van der Waals surface area contributed by atoms with Crippen LogP contribution in [0.1, 0.15) is 18.7 Å². The van der Waals surface area contributed by atoms with E-state index in [0.717, 1.165) is 4.88 Å². The summed E-state index contributed by atoms with van der Waals surface area (Å²) in [5, 5.41) is 5.58. The fraction of sp³-hybridized carbons (Fsp3) is 0.250. The Morgan fingerprint density at radius 3 is 2.83 bits per heavy atom. The van der Waals surface area contributed by atoms with E-state index in [1.807, 2.05) is 31.4 Å². The van der Waals surface area contributed by atoms with Crippen LogP contribution < -0.4 is 15.0 Å². The van der Waals surface area contributed by atoms with Crippen LogP contribution in [0.25, 0.3) is 6.08 Å². The van der Waals surface area contributed by atoms with Crippen molar-refractivity contribution in [1.29, 1.82) is 0 Å². The molecule has 2 aromatic rings. The maximum absolute atomic E-state index is 13.1. The summed E-state index contributed by atoms with van der Waals surface area (Å²) in [6.07, 6.45) is 1.74. The molecule has 2 amide bonds. The zero-order chi connectivity index (χ0) is 21.0. The van der Waals surface area contributed by atoms with Gasteiger partial charge in [-0.2, -0.15) is 0 Å². The predicted molar refractivity (Wildman–Crippen MR) is 121 cm³/mol. The fourth-order valence-electron chi connectivity index (χ4n) is 2.62. The first-order chi connectivity index (χ1) is 13.9. The van der Waals surface area contributed by atoms with Gasteiger partial charge >= 0.3 is 0 Å². The van der Waals surface area contributed by atoms with Crippen LogP contribution in [0.2, 0.25) is 5.02 Å². The summed E-state index contributed by atoms with van der Waals surface area (Å²) < 4.78 is 5.19. The maximum atomic E-state index is 13.1. The highest BCUT2D eigenvalue weighted by atomic mass is 35.5. The number of thiophene rings is 1. The van der Waals surface area contributed by atoms with Crippen molar-refractivity contribution >= 4 is 63.4 Å². The van der Waals surface area contributed by atoms with E-state index in [1.54, 1.807) is 24.3 Å². The summed E-state index contributed by atoms with van der Waals surface area (Å²) in [5.41, 5.74) is 0.872. The van der Waals surface area contributed by atoms with E-state index in [2.05, 4.69) is 10.3 Å². The minimum atomic E-state index is -0.272. The Balaban J connectivity index is 1.91. The van der Waals surface area contributed by atoms with Gasteiger partial charge in [0.2, 0.25) is 5.91 Å². The van der Waals surface area contributed by atoms with Crippen molar-refractivity contribution in [1.82, 2.24) is 5.32 Å². The molecule has 0 saturated carbocycles. The number of nitrogens with zero attached hydrogens (tertiary/aromatic N) is 2. The molecule has 1 aromatic carbocycles. The van der Waals surface area contributed by atoms with E-state index >= 15 is 0 Å². The van der Waals surface area contributed by atoms with Crippen molar-refractivity contribution in [3.8, 4) is 5.75 Å². The number of hydrogen-bond donors (Lipinski definition) is 1. The Labute approximate surface area is 182 Å². The first-order valence-electron chi connectivity index (χ1n) is 8.83. The standard InChI is InChI=1S/C20H20ClN3O3S2/c1-12(2)22-18(25)11-29-20-23-16(10-14-5-4-8-28-14)19(26)24(20)13-6-7-17(27-3)15(21)9-13/h4-10,12H,11H2,1-3H3,(H,22,25)/b16-10+. The van der Waals surface area contributed by atoms with Gasteiger partial charge in [-0.1, -0.05) is 29.4 Å². The van der Waals surface area contributed by atoms with Gasteiger partial charge in [0.15, 0.2) is 5.17 Å². The van der Waals surface area contributed by atoms with Crippen LogP contribution in [0.15, 0.2) is 46.4 Å². The number of anilines is 1. The summed E-state index contributed by atoms with van der Waals surface area (Å²) >= 11 is 8.97. The Morgan fingerprint density at radius 2 is 2.21 bits per heavy atom. The molecule has 0 saturated heterocycles. The number of halogens is 1. The second-order valence-electron chi connectivity index (χ2n) is 6.41. The van der Waals surface area contributed by atoms with Crippen molar-refractivity contribution in [2.24, 2.45) is 4.99 Å². The zero-order valence-electron chi connectivity index (χ0n) is 16.1. The molecule has 1 aromatic heterocycles. The fourth-order valence-corrected chi connectivity index (χ4v) is 4.34. The average molecular weight is 450 g/mol. The van der Waals surface area contributed by atoms with Crippen molar-refractivity contribution in [3.63, 3.8) is 0 Å². The molecule has 9 heteroatoms. The highest BCUT2D eigenvalue weighted by Gasteiger charge is 2.33. The topological polar surface area (TPSA) is 71.0 Å². The number of rotatable bonds is 6. The van der Waals surface area contributed by atoms with Crippen LogP contribution in [-0.2, 0) is 9.59 Å². The molecule has 0 radical (unpaired) electrons. The number of methoxy groups -OCH3 is 1. The smallest absolute Gasteiger partial charge is 0.283 e. The van der Waals surface area contributed by atoms with Crippen LogP contribution in [0.3, 0.4) is 0 Å². The number of amides is 2. The van der Waals surface area contributed by atoms with E-state index in [4.69, 9.17) is 16.3 Å². The summed E-state index contributed by atoms with van der Waals surface area (Å²) in [6.45, 7) is 3.79. The molecule has 0 spiro atoms. The molecule has 152 valence electrons. The minimum Gasteiger partial charge on any atom is -0.495 e. The number of aliphatic imine (C=N–C) groups is 1. The Morgan fingerprint density at radius 1 is 1.41 bits per heavy atom. The van der Waals surface area contributed by atoms with Gasteiger partial charge in [0.25, 0.3) is 5.91 Å². The third-order valence-electron chi connectivity index (χ3n) is 3.83. The zero-order valence-corrected chi connectivity index (χ0v) is 18.5. The lowest BCUT2D eigenvalue weighted by atomic mass is 10.2. The number of nitrogens with one attached hydrogen (secondary N) is 1. The molecular weight excluding hydrogens is 430 g/mol. The first kappa shape index (κ1) is 21.4. The maximum Gasteiger partial charge on any atom is 0.283 e. The lowest BCUT2D eigenvalue weighted by Gasteiger charge is -2.19. The summed E-state index contributed by atoms with van der Waals surface area (Å²) in [4.78, 5) is 32.0. The van der Waals surface area contributed by atoms with Crippen molar-refractivity contribution < 1.29 is 14.3 Å². The van der Waals surface area contributed by atoms with E-state index in [-0.39, 0.29) is 23.6 Å². The van der Waals surface area contributed by atoms with Crippen LogP contribution in [0, 0.1) is 0 Å². The largest absolute Gasteiger partial charge is 0.495 e. The summed E-state index contributed by atoms with van der Waals surface area (Å²) in [7, 11) is 1.53. The number of carbonyl (C=O) groups is 2. The molecule has 3 rings (SSSR count). The van der Waals surface area contributed by atoms with Gasteiger partial charge < -0.3 is 10.1 Å². The second kappa shape index (κ2) is 9.47. The Bertz CT molecular complexity index is 971. The molecule has 1 aliphatic heterocycles. The number of thioether (sulfide) groups is 1. The molecular formula is C20H20ClN3O3S2. The van der Waals surface area contributed by atoms with E-state index < -0.39 is 0 Å². The Kier molecular flexibility index (Phi) is 7.00. The number of benzene rings is 1. The van der Waals surface area contributed by atoms with Gasteiger partial charge in [-0.25, -0.2) is 4.99 Å². The van der Waals surface area contributed by atoms with E-state index in [0.29, 0.717) is 27.3 Å². The molecule has 1 aliphatic rings. The molecule has 1 N–H and O–H groups in total. The number of amidine groups is 1. The third-order valence-corrected chi connectivity index (χ3v) is 5.88. The molecule has 0 unspecified atom stereocenters. The van der Waals surface area contributed by atoms with Crippen molar-refractivity contribution in [2.75, 3.05) is 17.8 Å². The van der Waals surface area contributed by atoms with Crippen molar-refractivity contribution in [3.05, 3.63) is 51.3 Å². The normalized spacial score (nSPS) is 15.2. The number of carbonyl (C=O) groups excluding carboxylic acids is 2. The average Bonchev–Trinajstić information content (AvgIpc) is 3.28. The van der Waals surface area contributed by atoms with E-state index in [9.17, 15) is 9.59 Å². The highest BCUT2D eigenvalue weighted by Crippen LogP contribution is 2.34. The second-order valence-corrected chi connectivity index (χ2v) is 8.74. The van der Waals surface area contributed by atoms with Gasteiger partial charge in [0.1, 0.15) is 11.4 Å². The minimum absolute atomic E-state index is 0.0426. The lowest BCUT2D eigenvalue weighted by Crippen LogP contribution is -2.34. The van der Waals surface area contributed by atoms with Crippen LogP contribution in [0.5, 0.6) is 5.75 Å². The summed E-state index contributed by atoms with van der Waals surface area (Å²) in [5.74, 6) is 0.269. The SMILES string of the molecule is COc1ccc(N2C(=O)/C(=C\c3cccs3)N=C2SCC(=O)NC(C)C)cc1Cl. The van der Waals surface area contributed by atoms with Crippen LogP contribution in [-0.4, -0.2) is 35.9 Å². The van der Waals surface area contributed by atoms with Gasteiger partial charge in [-0.3, -0.25) is 14.5 Å². The van der Waals surface area contributed by atoms with Crippen molar-refractivity contribution in [2.45, 2.75) is 19.9 Å². The molecule has 0 fully saturated rings. The lowest BCUT2D eigenvalue weighted by molar-refractivity contribution is -0.119. The summed E-state index contributed by atoms with van der Waals surface area (Å²) in [6, 6.07) is 8.95. The monoisotopic (exact) mass is 449 g/mol. The molecule has 2 heterocycles. The van der Waals surface area contributed by atoms with E-state index in [1.165, 1.54) is 35.1 Å². The van der Waals surface area contributed by atoms with Crippen LogP contribution in [0.4, 0.5) is 5.69 Å². The number of hydrogen-bond acceptors (Lipinski definition) is 6. The molecule has 29 heavy (non-hydrogen) atoms. The van der Waals surface area contributed by atoms with Crippen LogP contribution >= 0.6 is 34.7 Å². The van der Waals surface area contributed by atoms with Gasteiger partial charge in [-0.15, -0.1) is 11.3 Å². The quantitative estimate of drug-likeness (QED) is 0.663. The Hall–Kier alpha value is -2.29. The molecule has 0 aliphatic carbocycles. The number of ether oxygens (including phenoxy) is 1. The third kappa shape index (κ3) is 5.20. The van der Waals surface area contributed by atoms with Gasteiger partial charge in [-0.05, 0) is 49.6 Å². The first-order valence-corrected chi connectivity index (χ1v) is 11.1. The molecule has 0 bridgehead atoms. The molecule has 0 atom stereocenters. The predicted octanol–water partition coefficient (Wildman–Crippen LogP) is 4.41. The van der Waals surface area contributed by atoms with Gasteiger partial charge in [0.05, 0.1) is 23.6 Å². The molecule has 6 nitrogen and oxygen atoms in total.